The third-order valence-corrected chi connectivity index (χ3v) is 6.35. The molecular formula is C22H15Cl2F5N6O3. The molecule has 4 aromatic rings. The molecule has 0 saturated carbocycles. The highest BCUT2D eigenvalue weighted by atomic mass is 35.5. The van der Waals surface area contributed by atoms with E-state index in [2.05, 4.69) is 15.2 Å². The lowest BCUT2D eigenvalue weighted by Gasteiger charge is -2.29. The molecule has 2 atom stereocenters. The molecule has 1 aliphatic rings. The van der Waals surface area contributed by atoms with Crippen LogP contribution in [-0.4, -0.2) is 51.6 Å². The summed E-state index contributed by atoms with van der Waals surface area (Å²) in [5, 5.41) is 28.5. The van der Waals surface area contributed by atoms with Crippen molar-refractivity contribution in [3.8, 4) is 17.1 Å². The molecule has 38 heavy (non-hydrogen) atoms. The Hall–Kier alpha value is -3.33. The molecule has 0 fully saturated rings. The number of benzene rings is 2. The lowest BCUT2D eigenvalue weighted by Crippen LogP contribution is -2.37. The van der Waals surface area contributed by atoms with Gasteiger partial charge in [-0.2, -0.15) is 22.0 Å². The second kappa shape index (κ2) is 9.15. The second-order valence-electron chi connectivity index (χ2n) is 8.42. The van der Waals surface area contributed by atoms with Crippen LogP contribution in [0.1, 0.15) is 23.3 Å². The van der Waals surface area contributed by atoms with Crippen LogP contribution in [0.15, 0.2) is 47.3 Å². The van der Waals surface area contributed by atoms with Crippen LogP contribution < -0.4 is 5.69 Å². The maximum absolute atomic E-state index is 14.8. The maximum Gasteiger partial charge on any atom is 0.416 e. The highest BCUT2D eigenvalue weighted by molar-refractivity contribution is 6.31. The van der Waals surface area contributed by atoms with E-state index in [4.69, 9.17) is 23.2 Å². The normalized spacial score (nSPS) is 17.2. The highest BCUT2D eigenvalue weighted by Crippen LogP contribution is 2.47. The SMILES string of the molecule is O=c1n(Cc2nc3n(n2)-c2cc(Cl)ccc2C(F)(F)C3O)nc(-c2ccc(Cl)cc2)n1C[C@H](O)C(F)(F)F. The van der Waals surface area contributed by atoms with E-state index in [1.165, 1.54) is 36.4 Å². The van der Waals surface area contributed by atoms with Crippen LogP contribution in [0.3, 0.4) is 0 Å². The topological polar surface area (TPSA) is 111 Å². The van der Waals surface area contributed by atoms with Crippen molar-refractivity contribution in [3.05, 3.63) is 80.2 Å². The van der Waals surface area contributed by atoms with Crippen LogP contribution in [0.2, 0.25) is 10.0 Å². The van der Waals surface area contributed by atoms with Gasteiger partial charge in [-0.1, -0.05) is 23.2 Å². The number of rotatable bonds is 5. The van der Waals surface area contributed by atoms with E-state index in [1.54, 1.807) is 0 Å². The summed E-state index contributed by atoms with van der Waals surface area (Å²) >= 11 is 11.8. The summed E-state index contributed by atoms with van der Waals surface area (Å²) in [6, 6.07) is 9.16. The van der Waals surface area contributed by atoms with Crippen LogP contribution in [0.25, 0.3) is 17.1 Å². The molecule has 9 nitrogen and oxygen atoms in total. The fraction of sp³-hybridized carbons (Fsp3) is 0.273. The van der Waals surface area contributed by atoms with Gasteiger partial charge in [-0.15, -0.1) is 10.2 Å². The fourth-order valence-corrected chi connectivity index (χ4v) is 4.29. The lowest BCUT2D eigenvalue weighted by atomic mass is 9.97. The molecule has 2 aromatic heterocycles. The van der Waals surface area contributed by atoms with Gasteiger partial charge in [-0.05, 0) is 42.5 Å². The van der Waals surface area contributed by atoms with Gasteiger partial charge < -0.3 is 10.2 Å². The van der Waals surface area contributed by atoms with Gasteiger partial charge in [0.15, 0.2) is 29.7 Å². The summed E-state index contributed by atoms with van der Waals surface area (Å²) in [7, 11) is 0. The molecule has 5 rings (SSSR count). The van der Waals surface area contributed by atoms with Crippen molar-refractivity contribution in [2.24, 2.45) is 0 Å². The molecule has 0 amide bonds. The summed E-state index contributed by atoms with van der Waals surface area (Å²) in [6.07, 6.45) is -10.3. The van der Waals surface area contributed by atoms with Crippen LogP contribution in [0, 0.1) is 0 Å². The Morgan fingerprint density at radius 2 is 1.71 bits per heavy atom. The molecular weight excluding hydrogens is 562 g/mol. The summed E-state index contributed by atoms with van der Waals surface area (Å²) in [5.41, 5.74) is -1.53. The molecule has 2 aromatic carbocycles. The van der Waals surface area contributed by atoms with E-state index < -0.39 is 54.5 Å². The zero-order chi connectivity index (χ0) is 27.6. The number of aromatic nitrogens is 6. The molecule has 0 radical (unpaired) electrons. The summed E-state index contributed by atoms with van der Waals surface area (Å²) < 4.78 is 71.1. The Morgan fingerprint density at radius 3 is 2.37 bits per heavy atom. The van der Waals surface area contributed by atoms with Crippen LogP contribution in [0.4, 0.5) is 22.0 Å². The van der Waals surface area contributed by atoms with E-state index >= 15 is 0 Å². The summed E-state index contributed by atoms with van der Waals surface area (Å²) in [6.45, 7) is -1.72. The predicted octanol–water partition coefficient (Wildman–Crippen LogP) is 3.71. The minimum atomic E-state index is -5.01. The molecule has 3 heterocycles. The van der Waals surface area contributed by atoms with E-state index in [0.29, 0.717) is 9.59 Å². The first-order chi connectivity index (χ1) is 17.8. The van der Waals surface area contributed by atoms with E-state index in [1.807, 2.05) is 0 Å². The third-order valence-electron chi connectivity index (χ3n) is 5.86. The Labute approximate surface area is 219 Å². The Bertz CT molecular complexity index is 1580. The van der Waals surface area contributed by atoms with E-state index in [9.17, 15) is 37.0 Å². The molecule has 0 bridgehead atoms. The summed E-state index contributed by atoms with van der Waals surface area (Å²) in [5.74, 6) is -4.72. The second-order valence-corrected chi connectivity index (χ2v) is 9.30. The first-order valence-electron chi connectivity index (χ1n) is 10.8. The highest BCUT2D eigenvalue weighted by Gasteiger charge is 2.50. The van der Waals surface area contributed by atoms with Gasteiger partial charge in [0, 0.05) is 21.2 Å². The fourth-order valence-electron chi connectivity index (χ4n) is 3.99. The molecule has 0 spiro atoms. The molecule has 1 unspecified atom stereocenters. The average Bonchev–Trinajstić information content (AvgIpc) is 3.40. The average molecular weight is 577 g/mol. The van der Waals surface area contributed by atoms with Gasteiger partial charge in [-0.3, -0.25) is 4.57 Å². The zero-order valence-corrected chi connectivity index (χ0v) is 20.3. The van der Waals surface area contributed by atoms with Crippen LogP contribution >= 0.6 is 23.2 Å². The number of aliphatic hydroxyl groups is 2. The van der Waals surface area contributed by atoms with Crippen molar-refractivity contribution < 1.29 is 32.2 Å². The van der Waals surface area contributed by atoms with Crippen molar-refractivity contribution in [1.29, 1.82) is 0 Å². The third kappa shape index (κ3) is 4.46. The molecule has 200 valence electrons. The van der Waals surface area contributed by atoms with Crippen molar-refractivity contribution in [1.82, 2.24) is 29.1 Å². The molecule has 2 N–H and O–H groups in total. The van der Waals surface area contributed by atoms with Crippen LogP contribution in [0.5, 0.6) is 0 Å². The number of aliphatic hydroxyl groups excluding tert-OH is 2. The standard InChI is InChI=1S/C22H15Cl2F5N6O3/c23-11-3-1-10(2-4-11)18-32-34(20(38)33(18)8-15(36)22(27,28)29)9-16-30-19-17(37)21(25,26)13-6-5-12(24)7-14(13)35(19)31-16/h1-7,15,17,36-37H,8-9H2/t15-,17?/m0/s1. The Morgan fingerprint density at radius 1 is 1.05 bits per heavy atom. The van der Waals surface area contributed by atoms with Gasteiger partial charge in [0.1, 0.15) is 6.54 Å². The van der Waals surface area contributed by atoms with Crippen LogP contribution in [-0.2, 0) is 19.0 Å². The molecule has 0 aliphatic carbocycles. The smallest absolute Gasteiger partial charge is 0.382 e. The minimum absolute atomic E-state index is 0.115. The number of hydrogen-bond acceptors (Lipinski definition) is 6. The lowest BCUT2D eigenvalue weighted by molar-refractivity contribution is -0.207. The number of halogens is 7. The van der Waals surface area contributed by atoms with Gasteiger partial charge in [0.2, 0.25) is 0 Å². The maximum atomic E-state index is 14.8. The van der Waals surface area contributed by atoms with E-state index in [-0.39, 0.29) is 27.9 Å². The number of fused-ring (bicyclic) bond motifs is 3. The van der Waals surface area contributed by atoms with Crippen molar-refractivity contribution in [3.63, 3.8) is 0 Å². The zero-order valence-electron chi connectivity index (χ0n) is 18.7. The minimum Gasteiger partial charge on any atom is -0.382 e. The number of nitrogens with zero attached hydrogens (tertiary/aromatic N) is 6. The molecule has 0 saturated heterocycles. The number of hydrogen-bond donors (Lipinski definition) is 2. The van der Waals surface area contributed by atoms with Gasteiger partial charge in [0.25, 0.3) is 0 Å². The van der Waals surface area contributed by atoms with E-state index in [0.717, 1.165) is 15.4 Å². The van der Waals surface area contributed by atoms with Gasteiger partial charge >= 0.3 is 17.8 Å². The first kappa shape index (κ1) is 26.3. The number of alkyl halides is 5. The monoisotopic (exact) mass is 576 g/mol. The van der Waals surface area contributed by atoms with Gasteiger partial charge in [-0.25, -0.2) is 19.1 Å². The summed E-state index contributed by atoms with van der Waals surface area (Å²) in [4.78, 5) is 17.0. The Balaban J connectivity index is 1.58. The molecule has 16 heteroatoms. The quantitative estimate of drug-likeness (QED) is 0.350. The van der Waals surface area contributed by atoms with Crippen molar-refractivity contribution in [2.45, 2.75) is 37.4 Å². The van der Waals surface area contributed by atoms with Crippen molar-refractivity contribution in [2.75, 3.05) is 0 Å². The first-order valence-corrected chi connectivity index (χ1v) is 11.5. The Kier molecular flexibility index (Phi) is 6.33. The largest absolute Gasteiger partial charge is 0.416 e. The van der Waals surface area contributed by atoms with Gasteiger partial charge in [0.05, 0.1) is 12.2 Å². The predicted molar refractivity (Wildman–Crippen MR) is 123 cm³/mol. The molecule has 1 aliphatic heterocycles. The van der Waals surface area contributed by atoms with Crippen molar-refractivity contribution >= 4 is 23.2 Å².